The van der Waals surface area contributed by atoms with Crippen LogP contribution in [0.5, 0.6) is 0 Å². The van der Waals surface area contributed by atoms with Crippen molar-refractivity contribution in [2.24, 2.45) is 0 Å². The molecule has 0 atom stereocenters. The zero-order valence-corrected chi connectivity index (χ0v) is 16.4. The minimum atomic E-state index is -3.62. The van der Waals surface area contributed by atoms with Crippen LogP contribution in [-0.2, 0) is 16.4 Å². The van der Waals surface area contributed by atoms with Crippen LogP contribution in [0, 0.1) is 5.82 Å². The lowest BCUT2D eigenvalue weighted by Gasteiger charge is -2.34. The molecule has 2 aromatic carbocycles. The summed E-state index contributed by atoms with van der Waals surface area (Å²) in [5.74, 6) is -1.21. The quantitative estimate of drug-likeness (QED) is 0.777. The molecule has 1 heterocycles. The maximum atomic E-state index is 14.0. The molecule has 1 aliphatic heterocycles. The zero-order valence-electron chi connectivity index (χ0n) is 14.9. The van der Waals surface area contributed by atoms with E-state index in [1.54, 1.807) is 24.3 Å². The van der Waals surface area contributed by atoms with E-state index in [0.29, 0.717) is 0 Å². The number of hydrogen-bond acceptors (Lipinski definition) is 3. The second kappa shape index (κ2) is 7.96. The van der Waals surface area contributed by atoms with E-state index in [-0.39, 0.29) is 41.7 Å². The average Bonchev–Trinajstić information content (AvgIpc) is 2.68. The van der Waals surface area contributed by atoms with Crippen LogP contribution < -0.4 is 0 Å². The van der Waals surface area contributed by atoms with Crippen LogP contribution in [-0.4, -0.2) is 49.7 Å². The number of carbonyl (C=O) groups excluding carboxylic acids is 1. The minimum Gasteiger partial charge on any atom is -0.336 e. The lowest BCUT2D eigenvalue weighted by atomic mass is 10.1. The fourth-order valence-electron chi connectivity index (χ4n) is 3.04. The molecule has 3 rings (SSSR count). The summed E-state index contributed by atoms with van der Waals surface area (Å²) in [6.07, 6.45) is 0.833. The van der Waals surface area contributed by atoms with Crippen LogP contribution in [0.1, 0.15) is 22.8 Å². The van der Waals surface area contributed by atoms with Crippen molar-refractivity contribution in [2.75, 3.05) is 26.2 Å². The normalized spacial score (nSPS) is 15.7. The number of piperazine rings is 1. The SMILES string of the molecule is CCc1ccc(S(=O)(=O)N2CCN(C(=O)c3c(F)cccc3Cl)CC2)cc1. The highest BCUT2D eigenvalue weighted by atomic mass is 35.5. The van der Waals surface area contributed by atoms with E-state index in [4.69, 9.17) is 11.6 Å². The van der Waals surface area contributed by atoms with Gasteiger partial charge in [0, 0.05) is 26.2 Å². The topological polar surface area (TPSA) is 57.7 Å². The van der Waals surface area contributed by atoms with Crippen molar-refractivity contribution in [3.63, 3.8) is 0 Å². The van der Waals surface area contributed by atoms with E-state index in [9.17, 15) is 17.6 Å². The van der Waals surface area contributed by atoms with Crippen LogP contribution in [0.4, 0.5) is 4.39 Å². The molecule has 27 heavy (non-hydrogen) atoms. The van der Waals surface area contributed by atoms with Gasteiger partial charge in [-0.05, 0) is 36.2 Å². The number of rotatable bonds is 4. The van der Waals surface area contributed by atoms with Crippen molar-refractivity contribution in [1.82, 2.24) is 9.21 Å². The first kappa shape index (κ1) is 19.8. The third-order valence-electron chi connectivity index (χ3n) is 4.67. The lowest BCUT2D eigenvalue weighted by molar-refractivity contribution is 0.0693. The second-order valence-corrected chi connectivity index (χ2v) is 8.64. The Morgan fingerprint density at radius 3 is 2.26 bits per heavy atom. The Morgan fingerprint density at radius 1 is 1.07 bits per heavy atom. The average molecular weight is 411 g/mol. The Bertz CT molecular complexity index is 920. The van der Waals surface area contributed by atoms with Gasteiger partial charge in [-0.15, -0.1) is 0 Å². The van der Waals surface area contributed by atoms with Crippen molar-refractivity contribution in [1.29, 1.82) is 0 Å². The van der Waals surface area contributed by atoms with E-state index in [2.05, 4.69) is 0 Å². The van der Waals surface area contributed by atoms with Gasteiger partial charge in [0.25, 0.3) is 5.91 Å². The van der Waals surface area contributed by atoms with E-state index >= 15 is 0 Å². The third kappa shape index (κ3) is 4.00. The Labute approximate surface area is 163 Å². The van der Waals surface area contributed by atoms with Gasteiger partial charge >= 0.3 is 0 Å². The molecule has 0 radical (unpaired) electrons. The van der Waals surface area contributed by atoms with E-state index in [1.807, 2.05) is 6.92 Å². The van der Waals surface area contributed by atoms with Crippen molar-refractivity contribution in [2.45, 2.75) is 18.2 Å². The summed E-state index contributed by atoms with van der Waals surface area (Å²) in [7, 11) is -3.62. The maximum Gasteiger partial charge on any atom is 0.258 e. The Balaban J connectivity index is 1.72. The Hall–Kier alpha value is -1.96. The Kier molecular flexibility index (Phi) is 5.83. The molecule has 0 aromatic heterocycles. The molecule has 0 saturated carbocycles. The van der Waals surface area contributed by atoms with Gasteiger partial charge in [0.2, 0.25) is 10.0 Å². The van der Waals surface area contributed by atoms with Gasteiger partial charge in [-0.1, -0.05) is 36.7 Å². The molecule has 1 fully saturated rings. The van der Waals surface area contributed by atoms with Crippen LogP contribution in [0.15, 0.2) is 47.4 Å². The fourth-order valence-corrected chi connectivity index (χ4v) is 4.70. The van der Waals surface area contributed by atoms with E-state index in [1.165, 1.54) is 27.4 Å². The largest absolute Gasteiger partial charge is 0.336 e. The number of halogens is 2. The fraction of sp³-hybridized carbons (Fsp3) is 0.316. The minimum absolute atomic E-state index is 0.0473. The van der Waals surface area contributed by atoms with Crippen LogP contribution in [0.25, 0.3) is 0 Å². The van der Waals surface area contributed by atoms with Crippen LogP contribution >= 0.6 is 11.6 Å². The maximum absolute atomic E-state index is 14.0. The number of nitrogens with zero attached hydrogens (tertiary/aromatic N) is 2. The first-order valence-electron chi connectivity index (χ1n) is 8.67. The summed E-state index contributed by atoms with van der Waals surface area (Å²) in [5.41, 5.74) is 0.886. The summed E-state index contributed by atoms with van der Waals surface area (Å²) >= 11 is 5.96. The molecule has 2 aromatic rings. The molecule has 0 bridgehead atoms. The summed E-state index contributed by atoms with van der Waals surface area (Å²) in [6.45, 7) is 2.65. The molecule has 0 aliphatic carbocycles. The van der Waals surface area contributed by atoms with Gasteiger partial charge in [-0.2, -0.15) is 4.31 Å². The van der Waals surface area contributed by atoms with Gasteiger partial charge in [0.1, 0.15) is 5.82 Å². The molecule has 1 aliphatic rings. The summed E-state index contributed by atoms with van der Waals surface area (Å²) < 4.78 is 40.9. The highest BCUT2D eigenvalue weighted by molar-refractivity contribution is 7.89. The van der Waals surface area contributed by atoms with E-state index < -0.39 is 21.7 Å². The predicted octanol–water partition coefficient (Wildman–Crippen LogP) is 3.19. The van der Waals surface area contributed by atoms with Gasteiger partial charge in [0.15, 0.2) is 0 Å². The van der Waals surface area contributed by atoms with E-state index in [0.717, 1.165) is 12.0 Å². The van der Waals surface area contributed by atoms with Crippen LogP contribution in [0.3, 0.4) is 0 Å². The molecule has 5 nitrogen and oxygen atoms in total. The smallest absolute Gasteiger partial charge is 0.258 e. The summed E-state index contributed by atoms with van der Waals surface area (Å²) in [4.78, 5) is 14.2. The van der Waals surface area contributed by atoms with Gasteiger partial charge in [-0.25, -0.2) is 12.8 Å². The highest BCUT2D eigenvalue weighted by Crippen LogP contribution is 2.23. The number of hydrogen-bond donors (Lipinski definition) is 0. The van der Waals surface area contributed by atoms with Crippen molar-refractivity contribution < 1.29 is 17.6 Å². The van der Waals surface area contributed by atoms with Gasteiger partial charge < -0.3 is 4.90 Å². The van der Waals surface area contributed by atoms with Crippen molar-refractivity contribution >= 4 is 27.5 Å². The summed E-state index contributed by atoms with van der Waals surface area (Å²) in [6, 6.07) is 10.9. The molecule has 0 N–H and O–H groups in total. The number of benzene rings is 2. The second-order valence-electron chi connectivity index (χ2n) is 6.29. The zero-order chi connectivity index (χ0) is 19.6. The van der Waals surface area contributed by atoms with Gasteiger partial charge in [0.05, 0.1) is 15.5 Å². The lowest BCUT2D eigenvalue weighted by Crippen LogP contribution is -2.50. The summed E-state index contributed by atoms with van der Waals surface area (Å²) in [5, 5.41) is 0.0473. The van der Waals surface area contributed by atoms with Crippen LogP contribution in [0.2, 0.25) is 5.02 Å². The first-order chi connectivity index (χ1) is 12.8. The monoisotopic (exact) mass is 410 g/mol. The van der Waals surface area contributed by atoms with Crippen molar-refractivity contribution in [3.8, 4) is 0 Å². The number of aryl methyl sites for hydroxylation is 1. The predicted molar refractivity (Wildman–Crippen MR) is 102 cm³/mol. The molecule has 8 heteroatoms. The number of amides is 1. The van der Waals surface area contributed by atoms with Crippen molar-refractivity contribution in [3.05, 3.63) is 64.4 Å². The number of carbonyl (C=O) groups is 1. The Morgan fingerprint density at radius 2 is 1.70 bits per heavy atom. The molecule has 1 saturated heterocycles. The standard InChI is InChI=1S/C19H20ClFN2O3S/c1-2-14-6-8-15(9-7-14)27(25,26)23-12-10-22(11-13-23)19(24)18-16(20)4-3-5-17(18)21/h3-9H,2,10-13H2,1H3. The number of sulfonamides is 1. The highest BCUT2D eigenvalue weighted by Gasteiger charge is 2.31. The molecular weight excluding hydrogens is 391 g/mol. The first-order valence-corrected chi connectivity index (χ1v) is 10.5. The third-order valence-corrected chi connectivity index (χ3v) is 6.90. The molecule has 144 valence electrons. The molecule has 1 amide bonds. The molecular formula is C19H20ClFN2O3S. The van der Waals surface area contributed by atoms with Gasteiger partial charge in [-0.3, -0.25) is 4.79 Å². The molecule has 0 unspecified atom stereocenters. The molecule has 0 spiro atoms.